The fourth-order valence-corrected chi connectivity index (χ4v) is 1.33. The number of rotatable bonds is 5. The molecule has 7 nitrogen and oxygen atoms in total. The van der Waals surface area contributed by atoms with Gasteiger partial charge in [0.05, 0.1) is 7.11 Å². The molecule has 0 unspecified atom stereocenters. The van der Waals surface area contributed by atoms with Gasteiger partial charge in [-0.2, -0.15) is 0 Å². The van der Waals surface area contributed by atoms with E-state index in [9.17, 15) is 14.4 Å². The van der Waals surface area contributed by atoms with E-state index in [0.717, 1.165) is 6.92 Å². The lowest BCUT2D eigenvalue weighted by atomic mass is 10.2. The van der Waals surface area contributed by atoms with Crippen LogP contribution in [0.5, 0.6) is 5.75 Å². The van der Waals surface area contributed by atoms with Gasteiger partial charge in [-0.1, -0.05) is 0 Å². The summed E-state index contributed by atoms with van der Waals surface area (Å²) in [6.45, 7) is 1.14. The van der Waals surface area contributed by atoms with Crippen LogP contribution in [0.3, 0.4) is 0 Å². The maximum atomic E-state index is 11.7. The quantitative estimate of drug-likeness (QED) is 0.661. The van der Waals surface area contributed by atoms with Gasteiger partial charge < -0.3 is 20.5 Å². The summed E-state index contributed by atoms with van der Waals surface area (Å²) in [5, 5.41) is 13.3. The van der Waals surface area contributed by atoms with E-state index < -0.39 is 23.8 Å². The molecule has 0 fully saturated rings. The van der Waals surface area contributed by atoms with E-state index in [1.807, 2.05) is 5.32 Å². The number of carboxylic acid groups (broad SMARTS) is 1. The normalized spacial score (nSPS) is 11.3. The average Bonchev–Trinajstić information content (AvgIpc) is 2.36. The van der Waals surface area contributed by atoms with Gasteiger partial charge in [-0.3, -0.25) is 9.59 Å². The van der Waals surface area contributed by atoms with Gasteiger partial charge in [-0.15, -0.1) is 0 Å². The molecule has 0 aliphatic carbocycles. The minimum Gasteiger partial charge on any atom is -0.497 e. The summed E-state index contributed by atoms with van der Waals surface area (Å²) in [4.78, 5) is 33.4. The second kappa shape index (κ2) is 6.39. The number of carbonyl (C=O) groups is 3. The molecular weight excluding hydrogens is 252 g/mol. The maximum Gasteiger partial charge on any atom is 0.336 e. The van der Waals surface area contributed by atoms with Gasteiger partial charge in [0, 0.05) is 12.6 Å². The third-order valence-corrected chi connectivity index (χ3v) is 2.21. The summed E-state index contributed by atoms with van der Waals surface area (Å²) >= 11 is 0. The van der Waals surface area contributed by atoms with Crippen LogP contribution in [-0.2, 0) is 14.4 Å². The van der Waals surface area contributed by atoms with E-state index >= 15 is 0 Å². The molecule has 19 heavy (non-hydrogen) atoms. The van der Waals surface area contributed by atoms with E-state index in [4.69, 9.17) is 9.84 Å². The van der Waals surface area contributed by atoms with Gasteiger partial charge in [0.25, 0.3) is 5.91 Å². The van der Waals surface area contributed by atoms with Crippen molar-refractivity contribution < 1.29 is 24.2 Å². The highest BCUT2D eigenvalue weighted by Gasteiger charge is 2.26. The first-order chi connectivity index (χ1) is 8.93. The Bertz CT molecular complexity index is 483. The summed E-state index contributed by atoms with van der Waals surface area (Å²) in [6, 6.07) is 4.72. The summed E-state index contributed by atoms with van der Waals surface area (Å²) in [7, 11) is 1.50. The summed E-state index contributed by atoms with van der Waals surface area (Å²) in [6.07, 6.45) is 0. The van der Waals surface area contributed by atoms with Crippen LogP contribution in [0.2, 0.25) is 0 Å². The Kier molecular flexibility index (Phi) is 4.87. The highest BCUT2D eigenvalue weighted by atomic mass is 16.5. The van der Waals surface area contributed by atoms with Crippen molar-refractivity contribution in [1.82, 2.24) is 5.32 Å². The highest BCUT2D eigenvalue weighted by Crippen LogP contribution is 2.15. The third-order valence-electron chi connectivity index (χ3n) is 2.21. The first-order valence-electron chi connectivity index (χ1n) is 5.39. The summed E-state index contributed by atoms with van der Waals surface area (Å²) in [5.41, 5.74) is 0.405. The van der Waals surface area contributed by atoms with Gasteiger partial charge in [-0.05, 0) is 24.3 Å². The topological polar surface area (TPSA) is 105 Å². The Morgan fingerprint density at radius 1 is 1.21 bits per heavy atom. The number of methoxy groups -OCH3 is 1. The Morgan fingerprint density at radius 2 is 1.79 bits per heavy atom. The van der Waals surface area contributed by atoms with Crippen LogP contribution < -0.4 is 15.4 Å². The molecule has 0 aliphatic rings. The third kappa shape index (κ3) is 4.30. The fourth-order valence-electron chi connectivity index (χ4n) is 1.33. The van der Waals surface area contributed by atoms with Gasteiger partial charge in [0.1, 0.15) is 5.75 Å². The van der Waals surface area contributed by atoms with Gasteiger partial charge in [0.15, 0.2) is 0 Å². The van der Waals surface area contributed by atoms with Crippen molar-refractivity contribution in [2.45, 2.75) is 13.0 Å². The van der Waals surface area contributed by atoms with Gasteiger partial charge in [0.2, 0.25) is 11.9 Å². The molecule has 3 N–H and O–H groups in total. The number of nitrogens with one attached hydrogen (secondary N) is 2. The fraction of sp³-hybridized carbons (Fsp3) is 0.250. The number of hydrogen-bond donors (Lipinski definition) is 3. The molecule has 7 heteroatoms. The van der Waals surface area contributed by atoms with Crippen molar-refractivity contribution in [1.29, 1.82) is 0 Å². The molecule has 0 heterocycles. The molecule has 1 rings (SSSR count). The van der Waals surface area contributed by atoms with Crippen LogP contribution >= 0.6 is 0 Å². The van der Waals surface area contributed by atoms with E-state index in [0.29, 0.717) is 11.4 Å². The Balaban J connectivity index is 2.75. The second-order valence-corrected chi connectivity index (χ2v) is 3.69. The highest BCUT2D eigenvalue weighted by molar-refractivity contribution is 6.09. The Hall–Kier alpha value is -2.57. The standard InChI is InChI=1S/C12H14N2O5/c1-7(15)13-10(12(17)18)11(16)14-8-3-5-9(19-2)6-4-8/h3-6,10H,1-2H3,(H,13,15)(H,14,16)(H,17,18)/t10-/m1/s1. The number of carbonyl (C=O) groups excluding carboxylic acids is 2. The van der Waals surface area contributed by atoms with Crippen molar-refractivity contribution in [3.63, 3.8) is 0 Å². The van der Waals surface area contributed by atoms with Crippen molar-refractivity contribution in [3.05, 3.63) is 24.3 Å². The zero-order valence-electron chi connectivity index (χ0n) is 10.5. The molecule has 0 saturated carbocycles. The first-order valence-corrected chi connectivity index (χ1v) is 5.39. The van der Waals surface area contributed by atoms with Gasteiger partial charge in [-0.25, -0.2) is 4.79 Å². The lowest BCUT2D eigenvalue weighted by Crippen LogP contribution is -2.48. The number of carboxylic acids is 1. The summed E-state index contributed by atoms with van der Waals surface area (Å²) < 4.78 is 4.95. The molecule has 1 aromatic rings. The van der Waals surface area contributed by atoms with Crippen LogP contribution in [0, 0.1) is 0 Å². The molecular formula is C12H14N2O5. The maximum absolute atomic E-state index is 11.7. The van der Waals surface area contributed by atoms with Crippen LogP contribution in [-0.4, -0.2) is 36.0 Å². The molecule has 0 aliphatic heterocycles. The minimum absolute atomic E-state index is 0.405. The number of ether oxygens (including phenoxy) is 1. The predicted molar refractivity (Wildman–Crippen MR) is 66.9 cm³/mol. The van der Waals surface area contributed by atoms with Crippen molar-refractivity contribution >= 4 is 23.5 Å². The van der Waals surface area contributed by atoms with Gasteiger partial charge >= 0.3 is 5.97 Å². The van der Waals surface area contributed by atoms with Crippen molar-refractivity contribution in [2.75, 3.05) is 12.4 Å². The van der Waals surface area contributed by atoms with Crippen LogP contribution in [0.15, 0.2) is 24.3 Å². The number of anilines is 1. The number of hydrogen-bond acceptors (Lipinski definition) is 4. The van der Waals surface area contributed by atoms with Crippen LogP contribution in [0.25, 0.3) is 0 Å². The second-order valence-electron chi connectivity index (χ2n) is 3.69. The average molecular weight is 266 g/mol. The van der Waals surface area contributed by atoms with E-state index in [1.54, 1.807) is 24.3 Å². The van der Waals surface area contributed by atoms with E-state index in [1.165, 1.54) is 7.11 Å². The number of aliphatic carboxylic acids is 1. The molecule has 102 valence electrons. The SMILES string of the molecule is COc1ccc(NC(=O)[C@@H](NC(C)=O)C(=O)O)cc1. The molecule has 0 bridgehead atoms. The number of benzene rings is 1. The molecule has 1 aromatic carbocycles. The molecule has 0 aromatic heterocycles. The minimum atomic E-state index is -1.63. The smallest absolute Gasteiger partial charge is 0.336 e. The monoisotopic (exact) mass is 266 g/mol. The van der Waals surface area contributed by atoms with E-state index in [-0.39, 0.29) is 0 Å². The lowest BCUT2D eigenvalue weighted by Gasteiger charge is -2.13. The number of amides is 2. The van der Waals surface area contributed by atoms with Crippen molar-refractivity contribution in [3.8, 4) is 5.75 Å². The molecule has 2 amide bonds. The zero-order valence-corrected chi connectivity index (χ0v) is 10.5. The van der Waals surface area contributed by atoms with Crippen molar-refractivity contribution in [2.24, 2.45) is 0 Å². The Labute approximate surface area is 109 Å². The lowest BCUT2D eigenvalue weighted by molar-refractivity contribution is -0.144. The van der Waals surface area contributed by atoms with E-state index in [2.05, 4.69) is 5.32 Å². The molecule has 0 saturated heterocycles. The summed E-state index contributed by atoms with van der Waals surface area (Å²) in [5.74, 6) is -2.25. The zero-order chi connectivity index (χ0) is 14.4. The van der Waals surface area contributed by atoms with Crippen LogP contribution in [0.4, 0.5) is 5.69 Å². The molecule has 0 spiro atoms. The first kappa shape index (κ1) is 14.5. The molecule has 0 radical (unpaired) electrons. The largest absolute Gasteiger partial charge is 0.497 e. The van der Waals surface area contributed by atoms with Crippen LogP contribution in [0.1, 0.15) is 6.92 Å². The Morgan fingerprint density at radius 3 is 2.21 bits per heavy atom. The predicted octanol–water partition coefficient (Wildman–Crippen LogP) is 0.223. The molecule has 1 atom stereocenters.